The molecule has 0 amide bonds. The van der Waals surface area contributed by atoms with Gasteiger partial charge >= 0.3 is 0 Å². The summed E-state index contributed by atoms with van der Waals surface area (Å²) in [5, 5.41) is 0.222. The van der Waals surface area contributed by atoms with Gasteiger partial charge in [0, 0.05) is 32.4 Å². The maximum Gasteiger partial charge on any atom is 0.192 e. The molecule has 0 radical (unpaired) electrons. The number of pyridine rings is 2. The van der Waals surface area contributed by atoms with Gasteiger partial charge in [-0.2, -0.15) is 0 Å². The summed E-state index contributed by atoms with van der Waals surface area (Å²) >= 11 is 0. The molecule has 7 heteroatoms. The third-order valence-electron chi connectivity index (χ3n) is 5.95. The summed E-state index contributed by atoms with van der Waals surface area (Å²) in [7, 11) is -1.73. The van der Waals surface area contributed by atoms with Crippen LogP contribution < -0.4 is 15.5 Å². The fourth-order valence-corrected chi connectivity index (χ4v) is 3.91. The van der Waals surface area contributed by atoms with Crippen molar-refractivity contribution < 1.29 is 4.43 Å². The normalized spacial score (nSPS) is 15.8. The van der Waals surface area contributed by atoms with Gasteiger partial charge in [-0.25, -0.2) is 9.97 Å². The van der Waals surface area contributed by atoms with Crippen LogP contribution in [0.5, 0.6) is 0 Å². The van der Waals surface area contributed by atoms with Gasteiger partial charge in [0.05, 0.1) is 18.5 Å². The molecule has 3 heterocycles. The number of nitrogens with two attached hydrogens (primary N) is 1. The number of hydrogen-bond acceptors (Lipinski definition) is 6. The van der Waals surface area contributed by atoms with Crippen molar-refractivity contribution in [3.63, 3.8) is 0 Å². The molecule has 1 aliphatic rings. The molecule has 6 nitrogen and oxygen atoms in total. The molecule has 3 rings (SSSR count). The lowest BCUT2D eigenvalue weighted by Crippen LogP contribution is -2.46. The summed E-state index contributed by atoms with van der Waals surface area (Å²) in [4.78, 5) is 13.6. The minimum absolute atomic E-state index is 0.222. The number of nitrogens with zero attached hydrogens (tertiary/aromatic N) is 4. The van der Waals surface area contributed by atoms with Crippen LogP contribution in [0, 0.1) is 0 Å². The van der Waals surface area contributed by atoms with Gasteiger partial charge < -0.3 is 20.0 Å². The SMILES string of the molecule is CC(C)(C)[Si](C)(C)OCc1ccc(N2CCN(c3ccc(N)nc3)CC2)nc1. The highest BCUT2D eigenvalue weighted by molar-refractivity contribution is 6.74. The predicted octanol–water partition coefficient (Wildman–Crippen LogP) is 3.91. The largest absolute Gasteiger partial charge is 0.413 e. The van der Waals surface area contributed by atoms with Gasteiger partial charge in [0.25, 0.3) is 0 Å². The minimum atomic E-state index is -1.73. The van der Waals surface area contributed by atoms with Gasteiger partial charge in [0.2, 0.25) is 0 Å². The zero-order chi connectivity index (χ0) is 20.4. The number of aromatic nitrogens is 2. The maximum atomic E-state index is 6.30. The standard InChI is InChI=1S/C21H33N5OSi/c1-21(2,3)28(4,5)27-16-17-6-9-20(24-14-17)26-12-10-25(11-13-26)18-7-8-19(22)23-15-18/h6-9,14-15H,10-13,16H2,1-5H3,(H2,22,23). The molecule has 152 valence electrons. The van der Waals surface area contributed by atoms with Crippen LogP contribution in [0.4, 0.5) is 17.3 Å². The summed E-state index contributed by atoms with van der Waals surface area (Å²) < 4.78 is 6.30. The minimum Gasteiger partial charge on any atom is -0.413 e. The lowest BCUT2D eigenvalue weighted by molar-refractivity contribution is 0.276. The summed E-state index contributed by atoms with van der Waals surface area (Å²) in [6.07, 6.45) is 3.80. The van der Waals surface area contributed by atoms with Crippen LogP contribution in [0.2, 0.25) is 18.1 Å². The maximum absolute atomic E-state index is 6.30. The molecule has 0 spiro atoms. The van der Waals surface area contributed by atoms with Crippen molar-refractivity contribution in [1.29, 1.82) is 0 Å². The number of piperazine rings is 1. The summed E-state index contributed by atoms with van der Waals surface area (Å²) in [5.74, 6) is 1.59. The predicted molar refractivity (Wildman–Crippen MR) is 119 cm³/mol. The number of rotatable bonds is 5. The summed E-state index contributed by atoms with van der Waals surface area (Å²) in [6, 6.07) is 8.15. The smallest absolute Gasteiger partial charge is 0.192 e. The van der Waals surface area contributed by atoms with Crippen LogP contribution in [0.25, 0.3) is 0 Å². The van der Waals surface area contributed by atoms with Gasteiger partial charge in [-0.15, -0.1) is 0 Å². The average molecular weight is 400 g/mol. The van der Waals surface area contributed by atoms with E-state index in [9.17, 15) is 0 Å². The first-order valence-corrected chi connectivity index (χ1v) is 12.9. The van der Waals surface area contributed by atoms with E-state index < -0.39 is 8.32 Å². The second-order valence-electron chi connectivity index (χ2n) is 8.99. The Bertz CT molecular complexity index is 763. The Kier molecular flexibility index (Phi) is 5.95. The summed E-state index contributed by atoms with van der Waals surface area (Å²) in [5.41, 5.74) is 7.94. The van der Waals surface area contributed by atoms with E-state index in [1.165, 1.54) is 0 Å². The van der Waals surface area contributed by atoms with E-state index in [2.05, 4.69) is 65.8 Å². The quantitative estimate of drug-likeness (QED) is 0.769. The highest BCUT2D eigenvalue weighted by Crippen LogP contribution is 2.37. The lowest BCUT2D eigenvalue weighted by Gasteiger charge is -2.37. The molecule has 0 atom stereocenters. The Balaban J connectivity index is 1.54. The number of anilines is 3. The topological polar surface area (TPSA) is 67.5 Å². The molecular weight excluding hydrogens is 366 g/mol. The Hall–Kier alpha value is -2.12. The van der Waals surface area contributed by atoms with Gasteiger partial charge in [-0.3, -0.25) is 0 Å². The van der Waals surface area contributed by atoms with Gasteiger partial charge in [0.1, 0.15) is 11.6 Å². The fraction of sp³-hybridized carbons (Fsp3) is 0.524. The summed E-state index contributed by atoms with van der Waals surface area (Å²) in [6.45, 7) is 15.8. The number of nitrogen functional groups attached to an aromatic ring is 1. The molecule has 0 aromatic carbocycles. The van der Waals surface area contributed by atoms with Crippen LogP contribution in [0.15, 0.2) is 36.7 Å². The van der Waals surface area contributed by atoms with Crippen molar-refractivity contribution in [3.8, 4) is 0 Å². The highest BCUT2D eigenvalue weighted by atomic mass is 28.4. The lowest BCUT2D eigenvalue weighted by atomic mass is 10.2. The van der Waals surface area contributed by atoms with Crippen molar-refractivity contribution in [3.05, 3.63) is 42.2 Å². The van der Waals surface area contributed by atoms with Crippen molar-refractivity contribution in [2.24, 2.45) is 0 Å². The van der Waals surface area contributed by atoms with Crippen molar-refractivity contribution in [2.75, 3.05) is 41.7 Å². The van der Waals surface area contributed by atoms with E-state index in [1.54, 1.807) is 0 Å². The molecule has 2 aromatic rings. The zero-order valence-corrected chi connectivity index (χ0v) is 18.8. The molecule has 28 heavy (non-hydrogen) atoms. The van der Waals surface area contributed by atoms with Crippen LogP contribution in [0.1, 0.15) is 26.3 Å². The van der Waals surface area contributed by atoms with Crippen LogP contribution >= 0.6 is 0 Å². The van der Waals surface area contributed by atoms with Gasteiger partial charge in [0.15, 0.2) is 8.32 Å². The molecule has 1 aliphatic heterocycles. The zero-order valence-electron chi connectivity index (χ0n) is 17.8. The van der Waals surface area contributed by atoms with Gasteiger partial charge in [-0.05, 0) is 41.9 Å². The van der Waals surface area contributed by atoms with Crippen LogP contribution in [0.3, 0.4) is 0 Å². The first-order valence-electron chi connectivity index (χ1n) is 9.96. The molecule has 0 unspecified atom stereocenters. The molecule has 1 fully saturated rings. The Labute approximate surface area is 169 Å². The Morgan fingerprint density at radius 3 is 2.18 bits per heavy atom. The van der Waals surface area contributed by atoms with E-state index in [-0.39, 0.29) is 5.04 Å². The van der Waals surface area contributed by atoms with E-state index >= 15 is 0 Å². The molecule has 1 saturated heterocycles. The second-order valence-corrected chi connectivity index (χ2v) is 13.8. The van der Waals surface area contributed by atoms with E-state index in [1.807, 2.05) is 24.5 Å². The first-order chi connectivity index (χ1) is 13.2. The van der Waals surface area contributed by atoms with Crippen molar-refractivity contribution in [2.45, 2.75) is 45.5 Å². The molecular formula is C21H33N5OSi. The van der Waals surface area contributed by atoms with Crippen molar-refractivity contribution in [1.82, 2.24) is 9.97 Å². The van der Waals surface area contributed by atoms with E-state index in [4.69, 9.17) is 10.2 Å². The van der Waals surface area contributed by atoms with Crippen molar-refractivity contribution >= 4 is 25.6 Å². The number of hydrogen-bond donors (Lipinski definition) is 1. The Morgan fingerprint density at radius 1 is 0.964 bits per heavy atom. The monoisotopic (exact) mass is 399 g/mol. The molecule has 2 aromatic heterocycles. The van der Waals surface area contributed by atoms with Crippen LogP contribution in [-0.2, 0) is 11.0 Å². The van der Waals surface area contributed by atoms with E-state index in [0.717, 1.165) is 43.2 Å². The second kappa shape index (κ2) is 8.09. The third kappa shape index (κ3) is 4.83. The highest BCUT2D eigenvalue weighted by Gasteiger charge is 2.37. The molecule has 0 aliphatic carbocycles. The molecule has 2 N–H and O–H groups in total. The molecule has 0 bridgehead atoms. The first kappa shape index (κ1) is 20.6. The molecule has 0 saturated carbocycles. The van der Waals surface area contributed by atoms with E-state index in [0.29, 0.717) is 12.4 Å². The average Bonchev–Trinajstić information content (AvgIpc) is 2.67. The third-order valence-corrected chi connectivity index (χ3v) is 10.4. The van der Waals surface area contributed by atoms with Gasteiger partial charge in [-0.1, -0.05) is 26.8 Å². The van der Waals surface area contributed by atoms with Crippen LogP contribution in [-0.4, -0.2) is 44.5 Å². The Morgan fingerprint density at radius 2 is 1.64 bits per heavy atom. The fourth-order valence-electron chi connectivity index (χ4n) is 2.95.